The van der Waals surface area contributed by atoms with Gasteiger partial charge in [0.15, 0.2) is 5.60 Å². The lowest BCUT2D eigenvalue weighted by atomic mass is 9.90. The minimum atomic E-state index is -0.443. The van der Waals surface area contributed by atoms with Crippen molar-refractivity contribution in [2.24, 2.45) is 0 Å². The van der Waals surface area contributed by atoms with Gasteiger partial charge in [-0.2, -0.15) is 0 Å². The molecule has 0 aromatic heterocycles. The molecule has 3 nitrogen and oxygen atoms in total. The third-order valence-corrected chi connectivity index (χ3v) is 2.73. The Kier molecular flexibility index (Phi) is 2.47. The lowest BCUT2D eigenvalue weighted by Crippen LogP contribution is -2.17. The van der Waals surface area contributed by atoms with Crippen LogP contribution in [0.1, 0.15) is 32.6 Å². The van der Waals surface area contributed by atoms with Crippen LogP contribution < -0.4 is 0 Å². The summed E-state index contributed by atoms with van der Waals surface area (Å²) < 4.78 is 10.2. The van der Waals surface area contributed by atoms with Crippen molar-refractivity contribution in [2.45, 2.75) is 44.3 Å². The third-order valence-electron chi connectivity index (χ3n) is 2.73. The second kappa shape index (κ2) is 3.62. The van der Waals surface area contributed by atoms with E-state index >= 15 is 0 Å². The largest absolute Gasteiger partial charge is 0.456 e. The summed E-state index contributed by atoms with van der Waals surface area (Å²) in [5.41, 5.74) is -0.287. The molecule has 0 N–H and O–H groups in total. The number of ether oxygens (including phenoxy) is 2. The van der Waals surface area contributed by atoms with Gasteiger partial charge in [0.2, 0.25) is 0 Å². The highest BCUT2D eigenvalue weighted by Gasteiger charge is 2.56. The van der Waals surface area contributed by atoms with Gasteiger partial charge in [-0.25, -0.2) is 4.79 Å². The van der Waals surface area contributed by atoms with Crippen LogP contribution >= 0.6 is 0 Å². The minimum Gasteiger partial charge on any atom is -0.456 e. The number of hydrogen-bond acceptors (Lipinski definition) is 3. The maximum Gasteiger partial charge on any atom is 0.384 e. The summed E-state index contributed by atoms with van der Waals surface area (Å²) in [6.45, 7) is 2.15. The van der Waals surface area contributed by atoms with Gasteiger partial charge in [-0.15, -0.1) is 0 Å². The van der Waals surface area contributed by atoms with E-state index in [1.165, 1.54) is 6.42 Å². The van der Waals surface area contributed by atoms with Crippen LogP contribution in [0.3, 0.4) is 0 Å². The van der Waals surface area contributed by atoms with E-state index in [-0.39, 0.29) is 11.7 Å². The van der Waals surface area contributed by atoms with Crippen LogP contribution in [0, 0.1) is 11.8 Å². The Balaban J connectivity index is 1.93. The Labute approximate surface area is 83.8 Å². The number of hydrogen-bond donors (Lipinski definition) is 0. The Bertz CT molecular complexity index is 299. The monoisotopic (exact) mass is 194 g/mol. The van der Waals surface area contributed by atoms with E-state index in [0.29, 0.717) is 6.61 Å². The van der Waals surface area contributed by atoms with Gasteiger partial charge < -0.3 is 9.47 Å². The smallest absolute Gasteiger partial charge is 0.384 e. The molecule has 1 heterocycles. The highest BCUT2D eigenvalue weighted by molar-refractivity contribution is 5.88. The molecule has 2 rings (SSSR count). The standard InChI is InChI=1S/C11H14O3/c1-2-13-10(12)6-8-11-7-4-3-5-9(11)14-11/h9H,2-5,7H2,1H3/t9-,11-/m1/s1. The third kappa shape index (κ3) is 1.76. The summed E-state index contributed by atoms with van der Waals surface area (Å²) in [6, 6.07) is 0. The first-order chi connectivity index (χ1) is 6.77. The van der Waals surface area contributed by atoms with Crippen LogP contribution in [0.5, 0.6) is 0 Å². The zero-order chi connectivity index (χ0) is 10.0. The van der Waals surface area contributed by atoms with Gasteiger partial charge in [-0.05, 0) is 26.2 Å². The van der Waals surface area contributed by atoms with E-state index in [1.807, 2.05) is 0 Å². The van der Waals surface area contributed by atoms with Gasteiger partial charge in [-0.1, -0.05) is 12.3 Å². The quantitative estimate of drug-likeness (QED) is 0.273. The summed E-state index contributed by atoms with van der Waals surface area (Å²) in [6.07, 6.45) is 4.68. The molecule has 14 heavy (non-hydrogen) atoms. The predicted molar refractivity (Wildman–Crippen MR) is 50.5 cm³/mol. The lowest BCUT2D eigenvalue weighted by molar-refractivity contribution is -0.136. The second-order valence-corrected chi connectivity index (χ2v) is 3.71. The molecule has 0 amide bonds. The van der Waals surface area contributed by atoms with E-state index in [0.717, 1.165) is 19.3 Å². The van der Waals surface area contributed by atoms with Crippen molar-refractivity contribution in [2.75, 3.05) is 6.61 Å². The zero-order valence-electron chi connectivity index (χ0n) is 8.34. The van der Waals surface area contributed by atoms with Gasteiger partial charge in [0.05, 0.1) is 12.7 Å². The van der Waals surface area contributed by atoms with Gasteiger partial charge in [0.1, 0.15) is 0 Å². The number of carbonyl (C=O) groups is 1. The van der Waals surface area contributed by atoms with Crippen LogP contribution in [-0.2, 0) is 14.3 Å². The van der Waals surface area contributed by atoms with Crippen molar-refractivity contribution >= 4 is 5.97 Å². The molecule has 2 atom stereocenters. The molecule has 1 saturated heterocycles. The van der Waals surface area contributed by atoms with Crippen molar-refractivity contribution in [1.82, 2.24) is 0 Å². The fourth-order valence-electron chi connectivity index (χ4n) is 1.95. The number of epoxide rings is 1. The van der Waals surface area contributed by atoms with Gasteiger partial charge in [0, 0.05) is 5.92 Å². The molecular weight excluding hydrogens is 180 g/mol. The van der Waals surface area contributed by atoms with Crippen LogP contribution in [0.15, 0.2) is 0 Å². The SMILES string of the molecule is CCOC(=O)C#C[C@]12CCCC[C@H]1O2. The first-order valence-electron chi connectivity index (χ1n) is 5.14. The first kappa shape index (κ1) is 9.54. The molecule has 0 aromatic rings. The second-order valence-electron chi connectivity index (χ2n) is 3.71. The Morgan fingerprint density at radius 2 is 2.50 bits per heavy atom. The topological polar surface area (TPSA) is 38.8 Å². The molecule has 2 aliphatic rings. The van der Waals surface area contributed by atoms with Crippen molar-refractivity contribution in [1.29, 1.82) is 0 Å². The van der Waals surface area contributed by atoms with E-state index in [2.05, 4.69) is 11.8 Å². The molecule has 2 fully saturated rings. The highest BCUT2D eigenvalue weighted by atomic mass is 16.6. The fraction of sp³-hybridized carbons (Fsp3) is 0.727. The Morgan fingerprint density at radius 3 is 3.21 bits per heavy atom. The van der Waals surface area contributed by atoms with E-state index in [1.54, 1.807) is 6.92 Å². The molecule has 0 spiro atoms. The molecule has 76 valence electrons. The molecule has 0 unspecified atom stereocenters. The number of rotatable bonds is 1. The van der Waals surface area contributed by atoms with Crippen molar-refractivity contribution in [3.05, 3.63) is 0 Å². The maximum absolute atomic E-state index is 11.0. The average Bonchev–Trinajstić information content (AvgIpc) is 2.90. The van der Waals surface area contributed by atoms with Gasteiger partial charge in [-0.3, -0.25) is 0 Å². The molecule has 0 radical (unpaired) electrons. The lowest BCUT2D eigenvalue weighted by Gasteiger charge is -2.09. The first-order valence-corrected chi connectivity index (χ1v) is 5.14. The molecule has 0 aromatic carbocycles. The normalized spacial score (nSPS) is 33.6. The Morgan fingerprint density at radius 1 is 1.64 bits per heavy atom. The molecule has 3 heteroatoms. The summed E-state index contributed by atoms with van der Waals surface area (Å²) in [7, 11) is 0. The predicted octanol–water partition coefficient (Wildman–Crippen LogP) is 1.26. The van der Waals surface area contributed by atoms with Crippen LogP contribution in [-0.4, -0.2) is 24.3 Å². The maximum atomic E-state index is 11.0. The Hall–Kier alpha value is -1.01. The van der Waals surface area contributed by atoms with Gasteiger partial charge >= 0.3 is 5.97 Å². The molecule has 1 saturated carbocycles. The minimum absolute atomic E-state index is 0.276. The van der Waals surface area contributed by atoms with Crippen LogP contribution in [0.25, 0.3) is 0 Å². The van der Waals surface area contributed by atoms with E-state index < -0.39 is 5.97 Å². The average molecular weight is 194 g/mol. The molecule has 1 aliphatic carbocycles. The zero-order valence-corrected chi connectivity index (χ0v) is 8.34. The summed E-state index contributed by atoms with van der Waals surface area (Å²) in [4.78, 5) is 11.0. The number of fused-ring (bicyclic) bond motifs is 1. The highest BCUT2D eigenvalue weighted by Crippen LogP contribution is 2.47. The molecule has 1 aliphatic heterocycles. The fourth-order valence-corrected chi connectivity index (χ4v) is 1.95. The summed E-state index contributed by atoms with van der Waals surface area (Å²) in [5, 5.41) is 0. The number of esters is 1. The van der Waals surface area contributed by atoms with E-state index in [4.69, 9.17) is 9.47 Å². The van der Waals surface area contributed by atoms with Crippen molar-refractivity contribution in [3.8, 4) is 11.8 Å². The van der Waals surface area contributed by atoms with Crippen molar-refractivity contribution < 1.29 is 14.3 Å². The molecule has 0 bridgehead atoms. The molecular formula is C11H14O3. The number of carbonyl (C=O) groups excluding carboxylic acids is 1. The van der Waals surface area contributed by atoms with Crippen molar-refractivity contribution in [3.63, 3.8) is 0 Å². The van der Waals surface area contributed by atoms with E-state index in [9.17, 15) is 4.79 Å². The van der Waals surface area contributed by atoms with Crippen LogP contribution in [0.4, 0.5) is 0 Å². The summed E-state index contributed by atoms with van der Waals surface area (Å²) >= 11 is 0. The van der Waals surface area contributed by atoms with Gasteiger partial charge in [0.25, 0.3) is 0 Å². The summed E-state index contributed by atoms with van der Waals surface area (Å²) in [5.74, 6) is 4.97. The van der Waals surface area contributed by atoms with Crippen LogP contribution in [0.2, 0.25) is 0 Å².